The third-order valence-corrected chi connectivity index (χ3v) is 5.15. The first-order valence-corrected chi connectivity index (χ1v) is 9.60. The lowest BCUT2D eigenvalue weighted by molar-refractivity contribution is -0.130. The number of nitrogens with zero attached hydrogens (tertiary/aromatic N) is 1. The Bertz CT molecular complexity index is 532. The summed E-state index contributed by atoms with van der Waals surface area (Å²) in [5.74, 6) is 0.861. The summed E-state index contributed by atoms with van der Waals surface area (Å²) in [7, 11) is 1.65. The van der Waals surface area contributed by atoms with Crippen molar-refractivity contribution in [1.82, 2.24) is 10.2 Å². The number of methoxy groups -OCH3 is 1. The number of hydrogen-bond donors (Lipinski definition) is 2. The lowest BCUT2D eigenvalue weighted by Crippen LogP contribution is -2.47. The third-order valence-electron chi connectivity index (χ3n) is 5.15. The topological polar surface area (TPSA) is 62.8 Å². The Morgan fingerprint density at radius 3 is 2.42 bits per heavy atom. The summed E-state index contributed by atoms with van der Waals surface area (Å²) < 4.78 is 11.1. The van der Waals surface area contributed by atoms with Crippen LogP contribution in [-0.4, -0.2) is 63.9 Å². The minimum Gasteiger partial charge on any atom is -0.492 e. The van der Waals surface area contributed by atoms with Crippen molar-refractivity contribution < 1.29 is 14.3 Å². The van der Waals surface area contributed by atoms with Crippen LogP contribution in [0.4, 0.5) is 5.69 Å². The highest BCUT2D eigenvalue weighted by Crippen LogP contribution is 2.31. The van der Waals surface area contributed by atoms with Crippen molar-refractivity contribution in [2.24, 2.45) is 5.41 Å². The predicted octanol–water partition coefficient (Wildman–Crippen LogP) is 2.36. The molecule has 1 saturated heterocycles. The van der Waals surface area contributed by atoms with Crippen molar-refractivity contribution in [3.8, 4) is 5.75 Å². The monoisotopic (exact) mass is 363 g/mol. The maximum Gasteiger partial charge on any atom is 0.233 e. The first kappa shape index (κ1) is 20.7. The van der Waals surface area contributed by atoms with Crippen molar-refractivity contribution in [3.05, 3.63) is 24.3 Å². The number of ether oxygens (including phenoxy) is 2. The molecule has 6 heteroatoms. The van der Waals surface area contributed by atoms with E-state index in [4.69, 9.17) is 9.47 Å². The van der Waals surface area contributed by atoms with Crippen molar-refractivity contribution >= 4 is 11.6 Å². The van der Waals surface area contributed by atoms with Crippen LogP contribution in [0.25, 0.3) is 0 Å². The quantitative estimate of drug-likeness (QED) is 0.668. The molecule has 146 valence electrons. The number of hydrogen-bond acceptors (Lipinski definition) is 5. The average Bonchev–Trinajstić information content (AvgIpc) is 2.67. The van der Waals surface area contributed by atoms with Gasteiger partial charge in [0.05, 0.1) is 12.0 Å². The molecule has 0 radical (unpaired) electrons. The lowest BCUT2D eigenvalue weighted by atomic mass is 9.78. The molecule has 1 aromatic carbocycles. The van der Waals surface area contributed by atoms with Crippen molar-refractivity contribution in [3.63, 3.8) is 0 Å². The number of anilines is 1. The fourth-order valence-corrected chi connectivity index (χ4v) is 3.35. The smallest absolute Gasteiger partial charge is 0.233 e. The van der Waals surface area contributed by atoms with Gasteiger partial charge in [-0.1, -0.05) is 13.8 Å². The second-order valence-corrected chi connectivity index (χ2v) is 6.82. The van der Waals surface area contributed by atoms with Crippen LogP contribution in [0.2, 0.25) is 0 Å². The van der Waals surface area contributed by atoms with Gasteiger partial charge >= 0.3 is 0 Å². The fourth-order valence-electron chi connectivity index (χ4n) is 3.35. The highest BCUT2D eigenvalue weighted by Gasteiger charge is 2.39. The average molecular weight is 364 g/mol. The highest BCUT2D eigenvalue weighted by atomic mass is 16.5. The summed E-state index contributed by atoms with van der Waals surface area (Å²) in [5, 5.41) is 6.35. The van der Waals surface area contributed by atoms with E-state index in [9.17, 15) is 4.79 Å². The molecule has 0 atom stereocenters. The van der Waals surface area contributed by atoms with E-state index in [2.05, 4.69) is 29.4 Å². The van der Waals surface area contributed by atoms with Gasteiger partial charge in [0.25, 0.3) is 0 Å². The van der Waals surface area contributed by atoms with E-state index < -0.39 is 5.41 Å². The van der Waals surface area contributed by atoms with Crippen molar-refractivity contribution in [1.29, 1.82) is 0 Å². The third kappa shape index (κ3) is 5.69. The molecule has 26 heavy (non-hydrogen) atoms. The number of piperidine rings is 1. The van der Waals surface area contributed by atoms with Gasteiger partial charge in [-0.15, -0.1) is 0 Å². The Balaban J connectivity index is 1.88. The van der Waals surface area contributed by atoms with Gasteiger partial charge in [-0.05, 0) is 63.3 Å². The Morgan fingerprint density at radius 2 is 1.85 bits per heavy atom. The predicted molar refractivity (Wildman–Crippen MR) is 105 cm³/mol. The SMILES string of the molecule is CCN(CC)CCOc1ccc(NC(=O)C2(COC)CCNCC2)cc1. The molecule has 2 rings (SSSR count). The number of amides is 1. The Labute approximate surface area is 157 Å². The van der Waals surface area contributed by atoms with Crippen LogP contribution >= 0.6 is 0 Å². The summed E-state index contributed by atoms with van der Waals surface area (Å²) in [5.41, 5.74) is 0.346. The van der Waals surface area contributed by atoms with Gasteiger partial charge in [0.2, 0.25) is 5.91 Å². The largest absolute Gasteiger partial charge is 0.492 e. The zero-order chi connectivity index (χ0) is 18.8. The maximum atomic E-state index is 12.8. The molecular formula is C20H33N3O3. The van der Waals surface area contributed by atoms with Crippen LogP contribution in [0, 0.1) is 5.41 Å². The molecule has 1 aliphatic heterocycles. The van der Waals surface area contributed by atoms with Gasteiger partial charge in [-0.3, -0.25) is 4.79 Å². The number of rotatable bonds is 10. The molecule has 1 heterocycles. The first-order valence-electron chi connectivity index (χ1n) is 9.60. The highest BCUT2D eigenvalue weighted by molar-refractivity contribution is 5.95. The summed E-state index contributed by atoms with van der Waals surface area (Å²) >= 11 is 0. The number of carbonyl (C=O) groups is 1. The van der Waals surface area contributed by atoms with Gasteiger partial charge in [-0.25, -0.2) is 0 Å². The molecule has 0 aromatic heterocycles. The zero-order valence-electron chi connectivity index (χ0n) is 16.3. The van der Waals surface area contributed by atoms with E-state index in [1.807, 2.05) is 24.3 Å². The normalized spacial score (nSPS) is 16.5. The Morgan fingerprint density at radius 1 is 1.19 bits per heavy atom. The maximum absolute atomic E-state index is 12.8. The molecule has 6 nitrogen and oxygen atoms in total. The molecule has 1 aromatic rings. The summed E-state index contributed by atoms with van der Waals surface area (Å²) in [6.07, 6.45) is 1.58. The number of nitrogens with one attached hydrogen (secondary N) is 2. The second-order valence-electron chi connectivity index (χ2n) is 6.82. The first-order chi connectivity index (χ1) is 12.6. The van der Waals surface area contributed by atoms with E-state index in [1.54, 1.807) is 7.11 Å². The van der Waals surface area contributed by atoms with Gasteiger partial charge in [0, 0.05) is 19.3 Å². The van der Waals surface area contributed by atoms with Crippen LogP contribution in [0.1, 0.15) is 26.7 Å². The van der Waals surface area contributed by atoms with E-state index >= 15 is 0 Å². The van der Waals surface area contributed by atoms with Crippen LogP contribution in [0.5, 0.6) is 5.75 Å². The molecule has 1 amide bonds. The van der Waals surface area contributed by atoms with Crippen molar-refractivity contribution in [2.75, 3.05) is 58.4 Å². The minimum absolute atomic E-state index is 0.0380. The second kappa shape index (κ2) is 10.5. The molecule has 1 fully saturated rings. The summed E-state index contributed by atoms with van der Waals surface area (Å²) in [6, 6.07) is 7.60. The molecule has 0 saturated carbocycles. The lowest BCUT2D eigenvalue weighted by Gasteiger charge is -2.35. The Kier molecular flexibility index (Phi) is 8.35. The van der Waals surface area contributed by atoms with Gasteiger partial charge in [0.15, 0.2) is 0 Å². The number of carbonyl (C=O) groups excluding carboxylic acids is 1. The van der Waals surface area contributed by atoms with E-state index in [-0.39, 0.29) is 5.91 Å². The molecule has 2 N–H and O–H groups in total. The molecule has 0 spiro atoms. The molecule has 0 bridgehead atoms. The van der Waals surface area contributed by atoms with Gasteiger partial charge in [-0.2, -0.15) is 0 Å². The zero-order valence-corrected chi connectivity index (χ0v) is 16.3. The van der Waals surface area contributed by atoms with Crippen molar-refractivity contribution in [2.45, 2.75) is 26.7 Å². The van der Waals surface area contributed by atoms with Gasteiger partial charge in [0.1, 0.15) is 12.4 Å². The number of likely N-dealkylation sites (N-methyl/N-ethyl adjacent to an activating group) is 1. The fraction of sp³-hybridized carbons (Fsp3) is 0.650. The van der Waals surface area contributed by atoms with Crippen LogP contribution in [0.3, 0.4) is 0 Å². The van der Waals surface area contributed by atoms with Crippen LogP contribution in [0.15, 0.2) is 24.3 Å². The standard InChI is InChI=1S/C20H33N3O3/c1-4-23(5-2)14-15-26-18-8-6-17(7-9-18)22-19(24)20(16-25-3)10-12-21-13-11-20/h6-9,21H,4-5,10-16H2,1-3H3,(H,22,24). The molecular weight excluding hydrogens is 330 g/mol. The minimum atomic E-state index is -0.446. The Hall–Kier alpha value is -1.63. The summed E-state index contributed by atoms with van der Waals surface area (Å²) in [6.45, 7) is 10.1. The van der Waals surface area contributed by atoms with E-state index in [0.29, 0.717) is 13.2 Å². The van der Waals surface area contributed by atoms with E-state index in [1.165, 1.54) is 0 Å². The van der Waals surface area contributed by atoms with Crippen LogP contribution in [-0.2, 0) is 9.53 Å². The van der Waals surface area contributed by atoms with Crippen LogP contribution < -0.4 is 15.4 Å². The molecule has 0 unspecified atom stereocenters. The number of benzene rings is 1. The molecule has 1 aliphatic rings. The van der Waals surface area contributed by atoms with Gasteiger partial charge < -0.3 is 25.0 Å². The summed E-state index contributed by atoms with van der Waals surface area (Å²) in [4.78, 5) is 15.1. The van der Waals surface area contributed by atoms with E-state index in [0.717, 1.165) is 57.0 Å². The molecule has 0 aliphatic carbocycles.